The van der Waals surface area contributed by atoms with Crippen LogP contribution >= 0.6 is 0 Å². The average molecular weight is 496 g/mol. The molecule has 0 spiro atoms. The van der Waals surface area contributed by atoms with Gasteiger partial charge in [-0.3, -0.25) is 14.3 Å². The predicted molar refractivity (Wildman–Crippen MR) is 111 cm³/mol. The third kappa shape index (κ3) is 5.47. The SMILES string of the molecule is O=C(NCc1cccc(C(F)(F)F)c1)c1cc2n(n1)CCN(Cc1ccc(C(F)(F)F)cc1)C2=O. The molecule has 12 heteroatoms. The van der Waals surface area contributed by atoms with Gasteiger partial charge in [-0.05, 0) is 35.4 Å². The van der Waals surface area contributed by atoms with Gasteiger partial charge in [-0.2, -0.15) is 31.4 Å². The largest absolute Gasteiger partial charge is 0.416 e. The highest BCUT2D eigenvalue weighted by Crippen LogP contribution is 2.30. The van der Waals surface area contributed by atoms with Gasteiger partial charge in [0.25, 0.3) is 11.8 Å². The molecule has 2 amide bonds. The zero-order valence-corrected chi connectivity index (χ0v) is 18.0. The first-order valence-corrected chi connectivity index (χ1v) is 10.4. The number of carbonyl (C=O) groups is 2. The molecule has 6 nitrogen and oxygen atoms in total. The number of alkyl halides is 6. The molecule has 2 aromatic carbocycles. The van der Waals surface area contributed by atoms with E-state index in [0.717, 1.165) is 24.3 Å². The van der Waals surface area contributed by atoms with Gasteiger partial charge in [-0.15, -0.1) is 0 Å². The molecule has 0 radical (unpaired) electrons. The van der Waals surface area contributed by atoms with Crippen LogP contribution in [-0.2, 0) is 32.0 Å². The first-order valence-electron chi connectivity index (χ1n) is 10.4. The van der Waals surface area contributed by atoms with E-state index in [9.17, 15) is 35.9 Å². The van der Waals surface area contributed by atoms with Crippen LogP contribution in [0.2, 0.25) is 0 Å². The number of hydrogen-bond donors (Lipinski definition) is 1. The maximum absolute atomic E-state index is 12.9. The summed E-state index contributed by atoms with van der Waals surface area (Å²) in [5.74, 6) is -1.10. The van der Waals surface area contributed by atoms with Crippen molar-refractivity contribution in [1.29, 1.82) is 0 Å². The molecule has 0 bridgehead atoms. The Bertz CT molecular complexity index is 1250. The lowest BCUT2D eigenvalue weighted by atomic mass is 10.1. The van der Waals surface area contributed by atoms with Crippen molar-refractivity contribution in [2.24, 2.45) is 0 Å². The monoisotopic (exact) mass is 496 g/mol. The molecule has 184 valence electrons. The Hall–Kier alpha value is -3.83. The molecule has 35 heavy (non-hydrogen) atoms. The number of nitrogens with one attached hydrogen (secondary N) is 1. The second kappa shape index (κ2) is 9.08. The zero-order chi connectivity index (χ0) is 25.4. The van der Waals surface area contributed by atoms with Crippen LogP contribution in [-0.4, -0.2) is 33.0 Å². The van der Waals surface area contributed by atoms with Crippen LogP contribution in [0.4, 0.5) is 26.3 Å². The van der Waals surface area contributed by atoms with Crippen molar-refractivity contribution in [3.63, 3.8) is 0 Å². The maximum Gasteiger partial charge on any atom is 0.416 e. The van der Waals surface area contributed by atoms with Gasteiger partial charge in [0.05, 0.1) is 17.7 Å². The summed E-state index contributed by atoms with van der Waals surface area (Å²) in [6.07, 6.45) is -8.96. The van der Waals surface area contributed by atoms with Crippen LogP contribution in [0.25, 0.3) is 0 Å². The summed E-state index contributed by atoms with van der Waals surface area (Å²) in [4.78, 5) is 26.8. The normalized spacial score (nSPS) is 14.1. The Labute approximate surface area is 195 Å². The fourth-order valence-corrected chi connectivity index (χ4v) is 3.65. The lowest BCUT2D eigenvalue weighted by molar-refractivity contribution is -0.138. The van der Waals surface area contributed by atoms with Crippen LogP contribution in [0, 0.1) is 0 Å². The molecule has 4 rings (SSSR count). The summed E-state index contributed by atoms with van der Waals surface area (Å²) in [5.41, 5.74) is -0.802. The number of rotatable bonds is 5. The molecule has 0 fully saturated rings. The molecule has 1 N–H and O–H groups in total. The Morgan fingerprint density at radius 3 is 2.23 bits per heavy atom. The van der Waals surface area contributed by atoms with Gasteiger partial charge >= 0.3 is 12.4 Å². The molecule has 0 atom stereocenters. The van der Waals surface area contributed by atoms with Crippen LogP contribution < -0.4 is 5.32 Å². The van der Waals surface area contributed by atoms with Crippen molar-refractivity contribution >= 4 is 11.8 Å². The average Bonchev–Trinajstić information content (AvgIpc) is 3.24. The molecule has 0 unspecified atom stereocenters. The van der Waals surface area contributed by atoms with Gasteiger partial charge in [0.2, 0.25) is 0 Å². The van der Waals surface area contributed by atoms with E-state index in [4.69, 9.17) is 0 Å². The molecule has 1 aliphatic rings. The molecule has 3 aromatic rings. The molecular formula is C23H18F6N4O2. The fraction of sp³-hybridized carbons (Fsp3) is 0.261. The Balaban J connectivity index is 1.41. The third-order valence-corrected chi connectivity index (χ3v) is 5.46. The van der Waals surface area contributed by atoms with Crippen molar-refractivity contribution in [3.05, 3.63) is 88.2 Å². The standard InChI is InChI=1S/C23H18F6N4O2/c24-22(25,26)16-6-4-14(5-7-16)13-32-8-9-33-19(21(32)35)11-18(31-33)20(34)30-12-15-2-1-3-17(10-15)23(27,28)29/h1-7,10-11H,8-9,12-13H2,(H,30,34). The quantitative estimate of drug-likeness (QED) is 0.529. The molecular weight excluding hydrogens is 478 g/mol. The molecule has 0 saturated carbocycles. The van der Waals surface area contributed by atoms with E-state index in [1.54, 1.807) is 0 Å². The number of nitrogens with zero attached hydrogens (tertiary/aromatic N) is 3. The lowest BCUT2D eigenvalue weighted by Crippen LogP contribution is -2.39. The molecule has 0 aliphatic carbocycles. The molecule has 1 aromatic heterocycles. The summed E-state index contributed by atoms with van der Waals surface area (Å²) in [5, 5.41) is 6.59. The Morgan fingerprint density at radius 1 is 0.886 bits per heavy atom. The van der Waals surface area contributed by atoms with Crippen molar-refractivity contribution in [1.82, 2.24) is 20.0 Å². The van der Waals surface area contributed by atoms with Crippen molar-refractivity contribution < 1.29 is 35.9 Å². The molecule has 0 saturated heterocycles. The van der Waals surface area contributed by atoms with Gasteiger partial charge in [-0.1, -0.05) is 24.3 Å². The number of halogens is 6. The molecule has 1 aliphatic heterocycles. The van der Waals surface area contributed by atoms with Crippen molar-refractivity contribution in [2.75, 3.05) is 6.54 Å². The van der Waals surface area contributed by atoms with Crippen molar-refractivity contribution in [2.45, 2.75) is 32.0 Å². The van der Waals surface area contributed by atoms with E-state index < -0.39 is 35.3 Å². The van der Waals surface area contributed by atoms with Crippen LogP contribution in [0.5, 0.6) is 0 Å². The van der Waals surface area contributed by atoms with E-state index in [-0.39, 0.29) is 43.1 Å². The fourth-order valence-electron chi connectivity index (χ4n) is 3.65. The first-order chi connectivity index (χ1) is 16.4. The highest BCUT2D eigenvalue weighted by Gasteiger charge is 2.32. The summed E-state index contributed by atoms with van der Waals surface area (Å²) in [7, 11) is 0. The third-order valence-electron chi connectivity index (χ3n) is 5.46. The Morgan fingerprint density at radius 2 is 1.57 bits per heavy atom. The zero-order valence-electron chi connectivity index (χ0n) is 18.0. The van der Waals surface area contributed by atoms with Crippen LogP contribution in [0.15, 0.2) is 54.6 Å². The minimum Gasteiger partial charge on any atom is -0.347 e. The lowest BCUT2D eigenvalue weighted by Gasteiger charge is -2.27. The van der Waals surface area contributed by atoms with Crippen LogP contribution in [0.3, 0.4) is 0 Å². The number of aromatic nitrogens is 2. The summed E-state index contributed by atoms with van der Waals surface area (Å²) < 4.78 is 78.1. The highest BCUT2D eigenvalue weighted by atomic mass is 19.4. The minimum absolute atomic E-state index is 0.0725. The first kappa shape index (κ1) is 24.3. The number of fused-ring (bicyclic) bond motifs is 1. The predicted octanol–water partition coefficient (Wildman–Crippen LogP) is 4.51. The summed E-state index contributed by atoms with van der Waals surface area (Å²) in [6.45, 7) is 0.417. The van der Waals surface area contributed by atoms with Crippen molar-refractivity contribution in [3.8, 4) is 0 Å². The van der Waals surface area contributed by atoms with E-state index in [2.05, 4.69) is 10.4 Å². The van der Waals surface area contributed by atoms with Gasteiger partial charge in [0.1, 0.15) is 5.69 Å². The smallest absolute Gasteiger partial charge is 0.347 e. The van der Waals surface area contributed by atoms with Gasteiger partial charge in [0.15, 0.2) is 5.69 Å². The topological polar surface area (TPSA) is 67.2 Å². The van der Waals surface area contributed by atoms with Gasteiger partial charge in [-0.25, -0.2) is 0 Å². The number of amides is 2. The number of carbonyl (C=O) groups excluding carboxylic acids is 2. The maximum atomic E-state index is 12.9. The van der Waals surface area contributed by atoms with E-state index in [1.807, 2.05) is 0 Å². The summed E-state index contributed by atoms with van der Waals surface area (Å²) >= 11 is 0. The molecule has 2 heterocycles. The number of hydrogen-bond acceptors (Lipinski definition) is 3. The van der Waals surface area contributed by atoms with E-state index >= 15 is 0 Å². The Kier molecular flexibility index (Phi) is 6.30. The van der Waals surface area contributed by atoms with E-state index in [0.29, 0.717) is 5.56 Å². The second-order valence-electron chi connectivity index (χ2n) is 7.94. The minimum atomic E-state index is -4.50. The van der Waals surface area contributed by atoms with Crippen LogP contribution in [0.1, 0.15) is 43.2 Å². The van der Waals surface area contributed by atoms with E-state index in [1.165, 1.54) is 39.9 Å². The highest BCUT2D eigenvalue weighted by molar-refractivity contribution is 5.98. The second-order valence-corrected chi connectivity index (χ2v) is 7.94. The van der Waals surface area contributed by atoms with Gasteiger partial charge < -0.3 is 10.2 Å². The summed E-state index contributed by atoms with van der Waals surface area (Å²) in [6, 6.07) is 10.3. The number of benzene rings is 2. The van der Waals surface area contributed by atoms with Gasteiger partial charge in [0, 0.05) is 25.7 Å².